The smallest absolute Gasteiger partial charge is 0.407 e. The maximum atomic E-state index is 11.5. The molecule has 4 rings (SSSR count). The number of carbonyl (C=O) groups is 2. The molecule has 0 unspecified atom stereocenters. The van der Waals surface area contributed by atoms with Crippen molar-refractivity contribution in [1.29, 1.82) is 0 Å². The molecule has 4 aromatic carbocycles. The number of carbonyl (C=O) groups excluding carboxylic acids is 2. The molecule has 0 saturated carbocycles. The average molecular weight is 943 g/mol. The summed E-state index contributed by atoms with van der Waals surface area (Å²) in [5, 5.41) is 43.8. The molecule has 0 radical (unpaired) electrons. The number of alkyl carbamates (subject to hydrolysis) is 2. The van der Waals surface area contributed by atoms with E-state index in [1.165, 1.54) is 48.5 Å². The number of aliphatic hydroxyl groups is 1. The van der Waals surface area contributed by atoms with Crippen LogP contribution in [0.1, 0.15) is 41.5 Å². The van der Waals surface area contributed by atoms with Crippen LogP contribution in [0, 0.1) is 20.2 Å². The molecule has 0 bridgehead atoms. The number of nitrogens with zero attached hydrogens (tertiary/aromatic N) is 2. The monoisotopic (exact) mass is 942 g/mol. The van der Waals surface area contributed by atoms with Crippen LogP contribution in [0.5, 0.6) is 34.5 Å². The lowest BCUT2D eigenvalue weighted by Crippen LogP contribution is -2.34. The number of phenols is 1. The molecular weight excluding hydrogens is 881 g/mol. The van der Waals surface area contributed by atoms with E-state index in [1.807, 2.05) is 20.8 Å². The Labute approximate surface area is 389 Å². The van der Waals surface area contributed by atoms with Gasteiger partial charge >= 0.3 is 12.2 Å². The molecule has 0 aliphatic rings. The summed E-state index contributed by atoms with van der Waals surface area (Å²) in [5.74, 6) is 2.97. The van der Waals surface area contributed by atoms with Gasteiger partial charge in [0.15, 0.2) is 0 Å². The molecule has 0 fully saturated rings. The van der Waals surface area contributed by atoms with Crippen LogP contribution in [0.2, 0.25) is 0 Å². The zero-order chi connectivity index (χ0) is 49.5. The predicted molar refractivity (Wildman–Crippen MR) is 245 cm³/mol. The first-order valence-corrected chi connectivity index (χ1v) is 21.1. The van der Waals surface area contributed by atoms with E-state index < -0.39 is 33.2 Å². The third-order valence-electron chi connectivity index (χ3n) is 7.53. The Hall–Kier alpha value is -6.78. The Balaban J connectivity index is 0.000000381. The first-order chi connectivity index (χ1) is 31.8. The highest BCUT2D eigenvalue weighted by molar-refractivity contribution is 5.68. The number of hydrogen-bond donors (Lipinski definition) is 4. The summed E-state index contributed by atoms with van der Waals surface area (Å²) in [6, 6.07) is 24.9. The molecule has 21 heteroatoms. The van der Waals surface area contributed by atoms with Gasteiger partial charge in [0.2, 0.25) is 0 Å². The van der Waals surface area contributed by atoms with E-state index in [1.54, 1.807) is 69.3 Å². The predicted octanol–water partition coefficient (Wildman–Crippen LogP) is 7.95. The number of nitro groups is 2. The molecule has 0 spiro atoms. The minimum Gasteiger partial charge on any atom is -0.508 e. The molecule has 0 heterocycles. The van der Waals surface area contributed by atoms with E-state index in [0.29, 0.717) is 101 Å². The van der Waals surface area contributed by atoms with Crippen LogP contribution in [0.25, 0.3) is 0 Å². The van der Waals surface area contributed by atoms with Gasteiger partial charge in [0, 0.05) is 37.4 Å². The van der Waals surface area contributed by atoms with Gasteiger partial charge in [-0.1, -0.05) is 0 Å². The zero-order valence-corrected chi connectivity index (χ0v) is 38.6. The van der Waals surface area contributed by atoms with Gasteiger partial charge in [0.25, 0.3) is 11.4 Å². The molecule has 67 heavy (non-hydrogen) atoms. The molecule has 0 saturated heterocycles. The molecule has 21 nitrogen and oxygen atoms in total. The first-order valence-electron chi connectivity index (χ1n) is 21.1. The number of nitro benzene ring substituents is 2. The fourth-order valence-electron chi connectivity index (χ4n) is 4.67. The number of ether oxygens (including phenoxy) is 9. The highest BCUT2D eigenvalue weighted by atomic mass is 16.6. The van der Waals surface area contributed by atoms with Crippen LogP contribution in [-0.4, -0.2) is 123 Å². The van der Waals surface area contributed by atoms with Crippen molar-refractivity contribution >= 4 is 23.6 Å². The molecule has 4 N–H and O–H groups in total. The summed E-state index contributed by atoms with van der Waals surface area (Å²) in [7, 11) is 0. The lowest BCUT2D eigenvalue weighted by Gasteiger charge is -2.19. The van der Waals surface area contributed by atoms with E-state index >= 15 is 0 Å². The Bertz CT molecular complexity index is 2010. The largest absolute Gasteiger partial charge is 0.508 e. The van der Waals surface area contributed by atoms with E-state index in [2.05, 4.69) is 10.6 Å². The third kappa shape index (κ3) is 28.7. The number of aromatic hydroxyl groups is 1. The Kier molecular flexibility index (Phi) is 26.2. The first kappa shape index (κ1) is 56.3. The van der Waals surface area contributed by atoms with Crippen LogP contribution in [0.15, 0.2) is 97.1 Å². The van der Waals surface area contributed by atoms with Gasteiger partial charge in [-0.3, -0.25) is 20.2 Å². The molecule has 4 aromatic rings. The van der Waals surface area contributed by atoms with E-state index in [0.717, 1.165) is 0 Å². The van der Waals surface area contributed by atoms with Gasteiger partial charge in [0.1, 0.15) is 52.3 Å². The van der Waals surface area contributed by atoms with Crippen molar-refractivity contribution in [3.63, 3.8) is 0 Å². The van der Waals surface area contributed by atoms with Gasteiger partial charge in [-0.25, -0.2) is 9.59 Å². The fourth-order valence-corrected chi connectivity index (χ4v) is 4.67. The number of aliphatic hydroxyl groups excluding tert-OH is 1. The average Bonchev–Trinajstić information content (AvgIpc) is 3.26. The molecule has 368 valence electrons. The van der Waals surface area contributed by atoms with Crippen molar-refractivity contribution in [2.45, 2.75) is 52.7 Å². The van der Waals surface area contributed by atoms with Crippen LogP contribution in [0.3, 0.4) is 0 Å². The maximum absolute atomic E-state index is 11.5. The maximum Gasteiger partial charge on any atom is 0.407 e. The van der Waals surface area contributed by atoms with Gasteiger partial charge in [-0.15, -0.1) is 0 Å². The van der Waals surface area contributed by atoms with Crippen molar-refractivity contribution in [2.75, 3.05) is 79.2 Å². The molecule has 0 aliphatic heterocycles. The van der Waals surface area contributed by atoms with Crippen LogP contribution >= 0.6 is 0 Å². The lowest BCUT2D eigenvalue weighted by atomic mass is 10.2. The Morgan fingerprint density at radius 2 is 0.806 bits per heavy atom. The van der Waals surface area contributed by atoms with Crippen LogP contribution < -0.4 is 24.8 Å². The number of non-ortho nitro benzene ring substituents is 2. The summed E-state index contributed by atoms with van der Waals surface area (Å²) in [6.07, 6.45) is -0.914. The van der Waals surface area contributed by atoms with Crippen molar-refractivity contribution in [3.05, 3.63) is 117 Å². The van der Waals surface area contributed by atoms with Crippen molar-refractivity contribution in [1.82, 2.24) is 10.6 Å². The standard InChI is InChI=1S/C23H30N2O8.C12H9NO4.C11H23NO5/c1-23(2,3)33-22(26)24-12-13-29-14-15-30-16-17-31-19-8-10-21(11-9-19)32-20-6-4-18(5-7-20)25(27)28;14-10-3-7-12(8-4-10)17-11-5-1-9(2-6-11)13(15)16;1-11(2,3)17-10(14)12-4-6-15-8-9-16-7-5-13/h4-11H,12-17H2,1-3H3,(H,24,26);1-8,14H;13H,4-9H2,1-3H3,(H,12,14). The Morgan fingerprint density at radius 3 is 1.16 bits per heavy atom. The van der Waals surface area contributed by atoms with Crippen molar-refractivity contribution < 1.29 is 72.3 Å². The second-order valence-electron chi connectivity index (χ2n) is 15.6. The lowest BCUT2D eigenvalue weighted by molar-refractivity contribution is -0.385. The minimum atomic E-state index is -0.522. The summed E-state index contributed by atoms with van der Waals surface area (Å²) in [5.41, 5.74) is -0.979. The molecule has 0 aliphatic carbocycles. The number of hydrogen-bond acceptors (Lipinski definition) is 17. The fraction of sp³-hybridized carbons (Fsp3) is 0.435. The SMILES string of the molecule is CC(C)(C)OC(=O)NCCOCCOCCO.CC(C)(C)OC(=O)NCCOCCOCCOc1ccc(Oc2ccc([N+](=O)[O-])cc2)cc1.O=[N+]([O-])c1ccc(Oc2ccc(O)cc2)cc1. The highest BCUT2D eigenvalue weighted by Crippen LogP contribution is 2.27. The van der Waals surface area contributed by atoms with Crippen LogP contribution in [-0.2, 0) is 28.4 Å². The van der Waals surface area contributed by atoms with Gasteiger partial charge in [-0.05, 0) is 114 Å². The van der Waals surface area contributed by atoms with E-state index in [-0.39, 0.29) is 23.7 Å². The summed E-state index contributed by atoms with van der Waals surface area (Å²) >= 11 is 0. The van der Waals surface area contributed by atoms with Gasteiger partial charge in [0.05, 0.1) is 69.3 Å². The van der Waals surface area contributed by atoms with E-state index in [4.69, 9.17) is 52.8 Å². The zero-order valence-electron chi connectivity index (χ0n) is 38.6. The molecule has 2 amide bonds. The summed E-state index contributed by atoms with van der Waals surface area (Å²) < 4.78 is 47.8. The summed E-state index contributed by atoms with van der Waals surface area (Å²) in [4.78, 5) is 42.9. The number of rotatable bonds is 24. The minimum absolute atomic E-state index is 0.00934. The Morgan fingerprint density at radius 1 is 0.493 bits per heavy atom. The van der Waals surface area contributed by atoms with Gasteiger partial charge < -0.3 is 63.5 Å². The van der Waals surface area contributed by atoms with Crippen molar-refractivity contribution in [3.8, 4) is 34.5 Å². The quantitative estimate of drug-likeness (QED) is 0.0295. The van der Waals surface area contributed by atoms with Gasteiger partial charge in [-0.2, -0.15) is 0 Å². The highest BCUT2D eigenvalue weighted by Gasteiger charge is 2.16. The normalized spacial score (nSPS) is 10.8. The molecule has 0 aromatic heterocycles. The number of nitrogens with one attached hydrogen (secondary N) is 2. The second kappa shape index (κ2) is 31.2. The van der Waals surface area contributed by atoms with Crippen molar-refractivity contribution in [2.24, 2.45) is 0 Å². The number of benzene rings is 4. The summed E-state index contributed by atoms with van der Waals surface area (Å²) in [6.45, 7) is 15.2. The molecule has 0 atom stereocenters. The number of phenolic OH excluding ortho intramolecular Hbond substituents is 1. The third-order valence-corrected chi connectivity index (χ3v) is 7.53. The number of amides is 2. The van der Waals surface area contributed by atoms with Crippen LogP contribution in [0.4, 0.5) is 21.0 Å². The van der Waals surface area contributed by atoms with E-state index in [9.17, 15) is 29.8 Å². The second-order valence-corrected chi connectivity index (χ2v) is 15.6. The molecular formula is C46H62N4O17. The topological polar surface area (TPSA) is 268 Å².